The number of nitro benzene ring substituents is 1. The number of fused-ring (bicyclic) bond motifs is 1. The van der Waals surface area contributed by atoms with Crippen LogP contribution in [-0.2, 0) is 0 Å². The summed E-state index contributed by atoms with van der Waals surface area (Å²) in [4.78, 5) is 24.8. The van der Waals surface area contributed by atoms with E-state index in [1.54, 1.807) is 6.07 Å². The number of piperidine rings is 1. The monoisotopic (exact) mass is 545 g/mol. The number of nitrogens with one attached hydrogen (secondary N) is 1. The molecular weight excluding hydrogens is 514 g/mol. The van der Waals surface area contributed by atoms with E-state index in [1.807, 2.05) is 23.1 Å². The Morgan fingerprint density at radius 2 is 1.77 bits per heavy atom. The molecule has 2 unspecified atom stereocenters. The fraction of sp³-hybridized carbons (Fsp3) is 0.258. The van der Waals surface area contributed by atoms with E-state index in [0.29, 0.717) is 24.7 Å². The van der Waals surface area contributed by atoms with E-state index in [1.165, 1.54) is 28.0 Å². The number of carboxylic acids is 1. The quantitative estimate of drug-likeness (QED) is 0.186. The molecule has 1 aliphatic heterocycles. The lowest BCUT2D eigenvalue weighted by Gasteiger charge is -2.40. The number of carbonyl (C=O) groups is 1. The van der Waals surface area contributed by atoms with Crippen LogP contribution in [0.25, 0.3) is 10.8 Å². The number of carboxylic acid groups (broad SMARTS) is 1. The third-order valence-corrected chi connectivity index (χ3v) is 7.72. The molecule has 0 aromatic heterocycles. The van der Waals surface area contributed by atoms with Crippen molar-refractivity contribution < 1.29 is 14.8 Å². The summed E-state index contributed by atoms with van der Waals surface area (Å²) in [5.74, 6) is -0.675. The molecule has 8 heteroatoms. The van der Waals surface area contributed by atoms with Gasteiger partial charge < -0.3 is 15.3 Å². The molecule has 39 heavy (non-hydrogen) atoms. The van der Waals surface area contributed by atoms with E-state index in [9.17, 15) is 20.0 Å². The molecule has 0 amide bonds. The number of benzene rings is 4. The van der Waals surface area contributed by atoms with Gasteiger partial charge in [0, 0.05) is 31.1 Å². The van der Waals surface area contributed by atoms with Gasteiger partial charge in [0.2, 0.25) is 0 Å². The Morgan fingerprint density at radius 1 is 1.05 bits per heavy atom. The highest BCUT2D eigenvalue weighted by atomic mass is 35.5. The van der Waals surface area contributed by atoms with Crippen molar-refractivity contribution in [1.29, 1.82) is 0 Å². The van der Waals surface area contributed by atoms with Gasteiger partial charge >= 0.3 is 5.97 Å². The fourth-order valence-electron chi connectivity index (χ4n) is 5.68. The zero-order valence-corrected chi connectivity index (χ0v) is 22.5. The summed E-state index contributed by atoms with van der Waals surface area (Å²) in [6.45, 7) is 4.29. The highest BCUT2D eigenvalue weighted by Crippen LogP contribution is 2.38. The molecule has 202 valence electrons. The van der Waals surface area contributed by atoms with Crippen molar-refractivity contribution >= 4 is 40.5 Å². The Bertz CT molecular complexity index is 1460. The third kappa shape index (κ3) is 6.05. The second kappa shape index (κ2) is 12.3. The van der Waals surface area contributed by atoms with Gasteiger partial charge in [-0.05, 0) is 59.8 Å². The first-order valence-corrected chi connectivity index (χ1v) is 12.9. The molecule has 1 aliphatic rings. The van der Waals surface area contributed by atoms with Gasteiger partial charge in [-0.2, -0.15) is 0 Å². The van der Waals surface area contributed by atoms with Gasteiger partial charge in [-0.1, -0.05) is 72.8 Å². The number of hydrogen-bond donors (Lipinski definition) is 2. The minimum Gasteiger partial charge on any atom is -0.478 e. The summed E-state index contributed by atoms with van der Waals surface area (Å²) in [6, 6.07) is 29.5. The molecule has 4 aromatic rings. The van der Waals surface area contributed by atoms with Gasteiger partial charge in [0.15, 0.2) is 0 Å². The van der Waals surface area contributed by atoms with E-state index in [-0.39, 0.29) is 35.6 Å². The minimum absolute atomic E-state index is 0. The van der Waals surface area contributed by atoms with E-state index in [0.717, 1.165) is 19.0 Å². The zero-order valence-electron chi connectivity index (χ0n) is 21.7. The van der Waals surface area contributed by atoms with Crippen molar-refractivity contribution in [2.75, 3.05) is 24.5 Å². The first-order valence-electron chi connectivity index (χ1n) is 12.9. The predicted molar refractivity (Wildman–Crippen MR) is 157 cm³/mol. The van der Waals surface area contributed by atoms with Crippen LogP contribution < -0.4 is 10.2 Å². The number of hydrogen-bond acceptors (Lipinski definition) is 5. The zero-order chi connectivity index (χ0) is 26.6. The highest BCUT2D eigenvalue weighted by molar-refractivity contribution is 5.90. The second-order valence-corrected chi connectivity index (χ2v) is 9.98. The molecule has 1 fully saturated rings. The number of anilines is 1. The fourth-order valence-corrected chi connectivity index (χ4v) is 5.68. The molecule has 4 aromatic carbocycles. The number of rotatable bonds is 8. The summed E-state index contributed by atoms with van der Waals surface area (Å²) in [5.41, 5.74) is 2.69. The summed E-state index contributed by atoms with van der Waals surface area (Å²) in [6.07, 6.45) is 0.854. The topological polar surface area (TPSA) is 95.7 Å². The summed E-state index contributed by atoms with van der Waals surface area (Å²) >= 11 is 0. The molecule has 0 spiro atoms. The van der Waals surface area contributed by atoms with E-state index < -0.39 is 10.9 Å². The van der Waals surface area contributed by atoms with Gasteiger partial charge in [0.1, 0.15) is 5.69 Å². The Balaban J connectivity index is 0.00000353. The normalized spacial score (nSPS) is 17.8. The van der Waals surface area contributed by atoms with Crippen LogP contribution in [0, 0.1) is 16.0 Å². The highest BCUT2D eigenvalue weighted by Gasteiger charge is 2.33. The van der Waals surface area contributed by atoms with Crippen molar-refractivity contribution in [1.82, 2.24) is 5.32 Å². The molecule has 0 saturated carbocycles. The van der Waals surface area contributed by atoms with Crippen LogP contribution >= 0.6 is 12.4 Å². The maximum Gasteiger partial charge on any atom is 0.335 e. The number of halogens is 1. The van der Waals surface area contributed by atoms with Crippen molar-refractivity contribution in [2.24, 2.45) is 5.92 Å². The summed E-state index contributed by atoms with van der Waals surface area (Å²) < 4.78 is 0. The predicted octanol–water partition coefficient (Wildman–Crippen LogP) is 6.83. The molecular formula is C31H32ClN3O4. The first-order chi connectivity index (χ1) is 18.4. The molecule has 7 nitrogen and oxygen atoms in total. The lowest BCUT2D eigenvalue weighted by atomic mass is 9.80. The maximum absolute atomic E-state index is 11.8. The summed E-state index contributed by atoms with van der Waals surface area (Å²) in [7, 11) is 0. The van der Waals surface area contributed by atoms with Crippen molar-refractivity contribution in [2.45, 2.75) is 25.3 Å². The number of nitrogens with zero attached hydrogens (tertiary/aromatic N) is 2. The molecule has 0 aliphatic carbocycles. The second-order valence-electron chi connectivity index (χ2n) is 9.98. The van der Waals surface area contributed by atoms with Gasteiger partial charge in [0.25, 0.3) is 5.69 Å². The third-order valence-electron chi connectivity index (χ3n) is 7.72. The largest absolute Gasteiger partial charge is 0.478 e. The van der Waals surface area contributed by atoms with Crippen molar-refractivity contribution in [3.8, 4) is 0 Å². The van der Waals surface area contributed by atoms with E-state index >= 15 is 0 Å². The minimum atomic E-state index is -1.17. The van der Waals surface area contributed by atoms with E-state index in [4.69, 9.17) is 0 Å². The van der Waals surface area contributed by atoms with Crippen LogP contribution in [0.1, 0.15) is 46.8 Å². The van der Waals surface area contributed by atoms with Gasteiger partial charge in [-0.15, -0.1) is 12.4 Å². The average molecular weight is 546 g/mol. The van der Waals surface area contributed by atoms with Crippen LogP contribution in [0.4, 0.5) is 11.4 Å². The standard InChI is InChI=1S/C31H31N3O4.ClH/c1-21(26-13-7-11-22-10-5-6-12-27(22)26)32-19-25-16-17-33(20-28(25)23-8-3-2-4-9-23)29-15-14-24(31(35)36)18-30(29)34(37)38;/h2-15,18,21,25,28,32H,16-17,19-20H2,1H3,(H,35,36);1H/t21-,25?,28?;/m1./s1. The van der Waals surface area contributed by atoms with Crippen LogP contribution in [-0.4, -0.2) is 35.6 Å². The van der Waals surface area contributed by atoms with E-state index in [2.05, 4.69) is 66.8 Å². The molecule has 1 heterocycles. The first kappa shape index (κ1) is 28.1. The molecule has 3 atom stereocenters. The average Bonchev–Trinajstić information content (AvgIpc) is 2.95. The van der Waals surface area contributed by atoms with Gasteiger partial charge in [-0.3, -0.25) is 10.1 Å². The van der Waals surface area contributed by atoms with Crippen LogP contribution in [0.15, 0.2) is 91.0 Å². The van der Waals surface area contributed by atoms with Crippen molar-refractivity contribution in [3.05, 3.63) is 118 Å². The van der Waals surface area contributed by atoms with Gasteiger partial charge in [0.05, 0.1) is 10.5 Å². The molecule has 1 saturated heterocycles. The lowest BCUT2D eigenvalue weighted by Crippen LogP contribution is -2.43. The molecule has 0 radical (unpaired) electrons. The Labute approximate surface area is 234 Å². The maximum atomic E-state index is 11.8. The lowest BCUT2D eigenvalue weighted by molar-refractivity contribution is -0.384. The number of aromatic carboxylic acids is 1. The smallest absolute Gasteiger partial charge is 0.335 e. The van der Waals surface area contributed by atoms with Crippen LogP contribution in [0.5, 0.6) is 0 Å². The van der Waals surface area contributed by atoms with Crippen LogP contribution in [0.2, 0.25) is 0 Å². The molecule has 2 N–H and O–H groups in total. The summed E-state index contributed by atoms with van der Waals surface area (Å²) in [5, 5.41) is 27.4. The molecule has 0 bridgehead atoms. The van der Waals surface area contributed by atoms with Crippen LogP contribution in [0.3, 0.4) is 0 Å². The Morgan fingerprint density at radius 3 is 2.51 bits per heavy atom. The Kier molecular flexibility index (Phi) is 8.84. The SMILES string of the molecule is C[C@@H](NCC1CCN(c2ccc(C(=O)O)cc2[N+](=O)[O-])CC1c1ccccc1)c1cccc2ccccc12.Cl. The molecule has 5 rings (SSSR count). The van der Waals surface area contributed by atoms with Gasteiger partial charge in [-0.25, -0.2) is 4.79 Å². The van der Waals surface area contributed by atoms with Crippen molar-refractivity contribution in [3.63, 3.8) is 0 Å². The number of nitro groups is 1. The Hall–Kier alpha value is -3.94.